The van der Waals surface area contributed by atoms with Crippen LogP contribution < -0.4 is 5.32 Å². The molecule has 1 aliphatic heterocycles. The maximum atomic E-state index is 13.3. The Hall–Kier alpha value is -3.51. The van der Waals surface area contributed by atoms with E-state index in [1.807, 2.05) is 67.7 Å². The molecule has 1 aromatic heterocycles. The van der Waals surface area contributed by atoms with E-state index in [1.165, 1.54) is 0 Å². The maximum absolute atomic E-state index is 13.3. The lowest BCUT2D eigenvalue weighted by Gasteiger charge is -2.42. The molecule has 1 fully saturated rings. The number of benzene rings is 2. The number of nitrogens with one attached hydrogen (secondary N) is 1. The van der Waals surface area contributed by atoms with E-state index in [-0.39, 0.29) is 18.4 Å². The zero-order valence-corrected chi connectivity index (χ0v) is 18.2. The zero-order valence-electron chi connectivity index (χ0n) is 18.2. The van der Waals surface area contributed by atoms with Crippen molar-refractivity contribution in [1.29, 1.82) is 0 Å². The topological polar surface area (TPSA) is 71.5 Å². The second-order valence-electron chi connectivity index (χ2n) is 7.87. The van der Waals surface area contributed by atoms with Crippen molar-refractivity contribution in [2.45, 2.75) is 18.9 Å². The van der Waals surface area contributed by atoms with Gasteiger partial charge in [0.1, 0.15) is 0 Å². The lowest BCUT2D eigenvalue weighted by Crippen LogP contribution is -2.62. The standard InChI is InChI=1S/C26H27N3O3/c1-2-28-25(31)26(17-21-11-6-7-13-23(21)22-12-8-14-27-18-22)19-29(15-16-32-26)24(30)20-9-4-3-5-10-20/h3-14,18H,2,15-17,19H2,1H3,(H,28,31)/t26-/m1/s1. The van der Waals surface area contributed by atoms with Gasteiger partial charge in [-0.2, -0.15) is 0 Å². The van der Waals surface area contributed by atoms with Crippen molar-refractivity contribution in [2.75, 3.05) is 26.2 Å². The summed E-state index contributed by atoms with van der Waals surface area (Å²) in [4.78, 5) is 32.4. The lowest BCUT2D eigenvalue weighted by atomic mass is 9.87. The molecule has 1 saturated heterocycles. The molecule has 2 amide bonds. The summed E-state index contributed by atoms with van der Waals surface area (Å²) in [5.41, 5.74) is 2.38. The third-order valence-corrected chi connectivity index (χ3v) is 5.71. The Labute approximate surface area is 188 Å². The molecule has 0 aliphatic carbocycles. The van der Waals surface area contributed by atoms with Crippen molar-refractivity contribution in [1.82, 2.24) is 15.2 Å². The second-order valence-corrected chi connectivity index (χ2v) is 7.87. The van der Waals surface area contributed by atoms with Gasteiger partial charge >= 0.3 is 0 Å². The Morgan fingerprint density at radius 2 is 1.84 bits per heavy atom. The molecular weight excluding hydrogens is 402 g/mol. The fraction of sp³-hybridized carbons (Fsp3) is 0.269. The molecule has 0 saturated carbocycles. The first-order chi connectivity index (χ1) is 15.6. The Morgan fingerprint density at radius 3 is 2.59 bits per heavy atom. The highest BCUT2D eigenvalue weighted by Crippen LogP contribution is 2.30. The van der Waals surface area contributed by atoms with Gasteiger partial charge in [0.2, 0.25) is 0 Å². The summed E-state index contributed by atoms with van der Waals surface area (Å²) in [6, 6.07) is 21.0. The first-order valence-corrected chi connectivity index (χ1v) is 10.9. The summed E-state index contributed by atoms with van der Waals surface area (Å²) in [5, 5.41) is 2.92. The summed E-state index contributed by atoms with van der Waals surface area (Å²) in [6.07, 6.45) is 3.90. The number of rotatable bonds is 6. The van der Waals surface area contributed by atoms with E-state index < -0.39 is 5.60 Å². The highest BCUT2D eigenvalue weighted by Gasteiger charge is 2.45. The van der Waals surface area contributed by atoms with Crippen molar-refractivity contribution < 1.29 is 14.3 Å². The van der Waals surface area contributed by atoms with Crippen LogP contribution in [-0.4, -0.2) is 53.5 Å². The number of pyridine rings is 1. The number of hydrogen-bond donors (Lipinski definition) is 1. The smallest absolute Gasteiger partial charge is 0.254 e. The van der Waals surface area contributed by atoms with Gasteiger partial charge in [0, 0.05) is 43.0 Å². The van der Waals surface area contributed by atoms with Crippen LogP contribution in [0.1, 0.15) is 22.8 Å². The molecular formula is C26H27N3O3. The average molecular weight is 430 g/mol. The molecule has 1 atom stereocenters. The van der Waals surface area contributed by atoms with E-state index in [0.717, 1.165) is 16.7 Å². The number of amides is 2. The first-order valence-electron chi connectivity index (χ1n) is 10.9. The zero-order chi connectivity index (χ0) is 22.4. The summed E-state index contributed by atoms with van der Waals surface area (Å²) in [5.74, 6) is -0.297. The van der Waals surface area contributed by atoms with Crippen LogP contribution >= 0.6 is 0 Å². The van der Waals surface area contributed by atoms with Crippen LogP contribution in [0.4, 0.5) is 0 Å². The predicted octanol–water partition coefficient (Wildman–Crippen LogP) is 3.34. The third kappa shape index (κ3) is 4.55. The van der Waals surface area contributed by atoms with Gasteiger partial charge in [-0.1, -0.05) is 48.5 Å². The van der Waals surface area contributed by atoms with E-state index in [4.69, 9.17) is 4.74 Å². The Bertz CT molecular complexity index is 1070. The minimum absolute atomic E-state index is 0.0943. The summed E-state index contributed by atoms with van der Waals surface area (Å²) in [7, 11) is 0. The molecule has 0 spiro atoms. The number of ether oxygens (including phenoxy) is 1. The van der Waals surface area contributed by atoms with E-state index in [9.17, 15) is 9.59 Å². The van der Waals surface area contributed by atoms with E-state index in [0.29, 0.717) is 31.7 Å². The molecule has 4 rings (SSSR count). The van der Waals surface area contributed by atoms with Crippen LogP contribution in [0, 0.1) is 0 Å². The summed E-state index contributed by atoms with van der Waals surface area (Å²) >= 11 is 0. The highest BCUT2D eigenvalue weighted by atomic mass is 16.5. The minimum atomic E-state index is -1.17. The van der Waals surface area contributed by atoms with Crippen molar-refractivity contribution in [3.63, 3.8) is 0 Å². The third-order valence-electron chi connectivity index (χ3n) is 5.71. The number of aromatic nitrogens is 1. The summed E-state index contributed by atoms with van der Waals surface area (Å²) < 4.78 is 6.17. The molecule has 6 nitrogen and oxygen atoms in total. The maximum Gasteiger partial charge on any atom is 0.254 e. The number of nitrogens with zero attached hydrogens (tertiary/aromatic N) is 2. The van der Waals surface area contributed by atoms with Crippen LogP contribution in [-0.2, 0) is 16.0 Å². The molecule has 0 bridgehead atoms. The molecule has 3 aromatic rings. The molecule has 164 valence electrons. The second kappa shape index (κ2) is 9.75. The number of likely N-dealkylation sites (N-methyl/N-ethyl adjacent to an activating group) is 1. The van der Waals surface area contributed by atoms with E-state index in [2.05, 4.69) is 10.3 Å². The highest BCUT2D eigenvalue weighted by molar-refractivity contribution is 5.95. The number of hydrogen-bond acceptors (Lipinski definition) is 4. The first kappa shape index (κ1) is 21.7. The molecule has 2 aromatic carbocycles. The van der Waals surface area contributed by atoms with Gasteiger partial charge in [-0.3, -0.25) is 14.6 Å². The molecule has 1 N–H and O–H groups in total. The molecule has 0 radical (unpaired) electrons. The number of carbonyl (C=O) groups is 2. The Kier molecular flexibility index (Phi) is 6.61. The fourth-order valence-corrected chi connectivity index (χ4v) is 4.15. The van der Waals surface area contributed by atoms with Crippen LogP contribution in [0.3, 0.4) is 0 Å². The SMILES string of the molecule is CCNC(=O)[C@@]1(Cc2ccccc2-c2cccnc2)CN(C(=O)c2ccccc2)CCO1. The van der Waals surface area contributed by atoms with Crippen LogP contribution in [0.5, 0.6) is 0 Å². The van der Waals surface area contributed by atoms with E-state index >= 15 is 0 Å². The monoisotopic (exact) mass is 429 g/mol. The minimum Gasteiger partial charge on any atom is -0.361 e. The Balaban J connectivity index is 1.68. The van der Waals surface area contributed by atoms with Gasteiger partial charge in [-0.25, -0.2) is 0 Å². The van der Waals surface area contributed by atoms with Crippen LogP contribution in [0.25, 0.3) is 11.1 Å². The number of morpholine rings is 1. The van der Waals surface area contributed by atoms with Gasteiger partial charge in [-0.05, 0) is 36.2 Å². The predicted molar refractivity (Wildman–Crippen MR) is 123 cm³/mol. The van der Waals surface area contributed by atoms with Crippen molar-refractivity contribution in [3.8, 4) is 11.1 Å². The van der Waals surface area contributed by atoms with Gasteiger partial charge in [-0.15, -0.1) is 0 Å². The molecule has 1 aliphatic rings. The van der Waals surface area contributed by atoms with E-state index in [1.54, 1.807) is 23.2 Å². The Morgan fingerprint density at radius 1 is 1.06 bits per heavy atom. The molecule has 6 heteroatoms. The lowest BCUT2D eigenvalue weighted by molar-refractivity contribution is -0.157. The van der Waals surface area contributed by atoms with Gasteiger partial charge in [0.25, 0.3) is 11.8 Å². The average Bonchev–Trinajstić information content (AvgIpc) is 2.85. The number of carbonyl (C=O) groups excluding carboxylic acids is 2. The van der Waals surface area contributed by atoms with Crippen molar-refractivity contribution >= 4 is 11.8 Å². The van der Waals surface area contributed by atoms with Crippen molar-refractivity contribution in [2.24, 2.45) is 0 Å². The van der Waals surface area contributed by atoms with Gasteiger partial charge < -0.3 is 15.0 Å². The summed E-state index contributed by atoms with van der Waals surface area (Å²) in [6.45, 7) is 3.30. The molecule has 2 heterocycles. The molecule has 0 unspecified atom stereocenters. The van der Waals surface area contributed by atoms with Crippen LogP contribution in [0.2, 0.25) is 0 Å². The molecule has 32 heavy (non-hydrogen) atoms. The van der Waals surface area contributed by atoms with Crippen LogP contribution in [0.15, 0.2) is 79.1 Å². The van der Waals surface area contributed by atoms with Gasteiger partial charge in [0.15, 0.2) is 5.60 Å². The fourth-order valence-electron chi connectivity index (χ4n) is 4.15. The van der Waals surface area contributed by atoms with Crippen molar-refractivity contribution in [3.05, 3.63) is 90.3 Å². The normalized spacial score (nSPS) is 18.2. The largest absolute Gasteiger partial charge is 0.361 e. The van der Waals surface area contributed by atoms with Gasteiger partial charge in [0.05, 0.1) is 13.2 Å². The quantitative estimate of drug-likeness (QED) is 0.652.